The number of hydrogen-bond donors (Lipinski definition) is 1. The van der Waals surface area contributed by atoms with Crippen LogP contribution in [0.3, 0.4) is 0 Å². The van der Waals surface area contributed by atoms with Gasteiger partial charge in [-0.2, -0.15) is 0 Å². The molecule has 1 unspecified atom stereocenters. The van der Waals surface area contributed by atoms with Crippen molar-refractivity contribution in [2.24, 2.45) is 0 Å². The Labute approximate surface area is 185 Å². The van der Waals surface area contributed by atoms with Crippen molar-refractivity contribution < 1.29 is 14.3 Å². The van der Waals surface area contributed by atoms with Crippen molar-refractivity contribution in [3.63, 3.8) is 0 Å². The predicted octanol–water partition coefficient (Wildman–Crippen LogP) is 3.89. The second kappa shape index (κ2) is 8.81. The highest BCUT2D eigenvalue weighted by molar-refractivity contribution is 6.31. The van der Waals surface area contributed by atoms with Gasteiger partial charge in [-0.1, -0.05) is 29.8 Å². The lowest BCUT2D eigenvalue weighted by Crippen LogP contribution is -2.51. The molecule has 1 aliphatic rings. The van der Waals surface area contributed by atoms with Gasteiger partial charge in [0, 0.05) is 23.3 Å². The van der Waals surface area contributed by atoms with E-state index in [1.54, 1.807) is 37.7 Å². The smallest absolute Gasteiger partial charge is 0.270 e. The molecule has 3 aromatic rings. The molecule has 0 bridgehead atoms. The molecule has 0 saturated carbocycles. The van der Waals surface area contributed by atoms with E-state index in [2.05, 4.69) is 10.4 Å². The van der Waals surface area contributed by atoms with E-state index in [4.69, 9.17) is 16.3 Å². The molecule has 4 rings (SSSR count). The molecule has 7 nitrogen and oxygen atoms in total. The molecule has 0 radical (unpaired) electrons. The summed E-state index contributed by atoms with van der Waals surface area (Å²) in [5.41, 5.74) is 5.57. The summed E-state index contributed by atoms with van der Waals surface area (Å²) in [7, 11) is 1.55. The number of rotatable bonds is 5. The van der Waals surface area contributed by atoms with Crippen LogP contribution in [0.2, 0.25) is 5.02 Å². The molecule has 0 aliphatic carbocycles. The van der Waals surface area contributed by atoms with Crippen LogP contribution < -0.4 is 10.2 Å². The summed E-state index contributed by atoms with van der Waals surface area (Å²) >= 11 is 6.29. The zero-order valence-electron chi connectivity index (χ0n) is 17.3. The van der Waals surface area contributed by atoms with E-state index >= 15 is 0 Å². The van der Waals surface area contributed by atoms with Gasteiger partial charge in [0.2, 0.25) is 5.91 Å². The Morgan fingerprint density at radius 2 is 2.06 bits per heavy atom. The average Bonchev–Trinajstić information content (AvgIpc) is 3.21. The van der Waals surface area contributed by atoms with E-state index in [-0.39, 0.29) is 17.7 Å². The number of nitrogens with one attached hydrogen (secondary N) is 1. The molecule has 1 saturated heterocycles. The van der Waals surface area contributed by atoms with Crippen LogP contribution in [-0.4, -0.2) is 40.0 Å². The summed E-state index contributed by atoms with van der Waals surface area (Å²) < 4.78 is 7.31. The molecule has 8 heteroatoms. The van der Waals surface area contributed by atoms with Crippen molar-refractivity contribution in [3.05, 3.63) is 76.8 Å². The molecular weight excluding hydrogens is 416 g/mol. The van der Waals surface area contributed by atoms with Gasteiger partial charge in [-0.3, -0.25) is 20.0 Å². The second-order valence-corrected chi connectivity index (χ2v) is 7.86. The van der Waals surface area contributed by atoms with Crippen molar-refractivity contribution in [2.45, 2.75) is 25.7 Å². The minimum absolute atomic E-state index is 0.162. The number of piperidine rings is 1. The summed E-state index contributed by atoms with van der Waals surface area (Å²) in [6.45, 7) is 2.35. The van der Waals surface area contributed by atoms with E-state index in [0.29, 0.717) is 29.3 Å². The SMILES string of the molecule is COc1cc(C(=O)NN2CCCC(c3ccccc3Cl)C2=O)ccc1-n1cnc(C)c1. The average molecular weight is 439 g/mol. The third-order valence-electron chi connectivity index (χ3n) is 5.39. The first-order valence-corrected chi connectivity index (χ1v) is 10.4. The number of nitrogens with zero attached hydrogens (tertiary/aromatic N) is 3. The zero-order valence-corrected chi connectivity index (χ0v) is 18.1. The number of ether oxygens (including phenoxy) is 1. The first kappa shape index (κ1) is 20.9. The number of aromatic nitrogens is 2. The number of halogens is 1. The Bertz CT molecular complexity index is 1130. The number of aryl methyl sites for hydroxylation is 1. The van der Waals surface area contributed by atoms with Crippen molar-refractivity contribution in [3.8, 4) is 11.4 Å². The highest BCUT2D eigenvalue weighted by Crippen LogP contribution is 2.32. The molecule has 0 spiro atoms. The fourth-order valence-corrected chi connectivity index (χ4v) is 4.07. The fourth-order valence-electron chi connectivity index (χ4n) is 3.80. The molecule has 1 aliphatic heterocycles. The van der Waals surface area contributed by atoms with Gasteiger partial charge in [-0.25, -0.2) is 4.98 Å². The van der Waals surface area contributed by atoms with E-state index in [0.717, 1.165) is 23.4 Å². The lowest BCUT2D eigenvalue weighted by molar-refractivity contribution is -0.137. The Morgan fingerprint density at radius 3 is 2.77 bits per heavy atom. The highest BCUT2D eigenvalue weighted by atomic mass is 35.5. The van der Waals surface area contributed by atoms with E-state index < -0.39 is 0 Å². The minimum atomic E-state index is -0.375. The normalized spacial score (nSPS) is 16.3. The van der Waals surface area contributed by atoms with E-state index in [1.165, 1.54) is 5.01 Å². The number of imidazole rings is 1. The molecule has 2 aromatic carbocycles. The Kier molecular flexibility index (Phi) is 5.95. The number of carbonyl (C=O) groups is 2. The lowest BCUT2D eigenvalue weighted by Gasteiger charge is -2.32. The van der Waals surface area contributed by atoms with Crippen molar-refractivity contribution in [2.75, 3.05) is 13.7 Å². The maximum Gasteiger partial charge on any atom is 0.270 e. The van der Waals surface area contributed by atoms with Gasteiger partial charge < -0.3 is 9.30 Å². The second-order valence-electron chi connectivity index (χ2n) is 7.46. The summed E-state index contributed by atoms with van der Waals surface area (Å²) in [5, 5.41) is 1.95. The third-order valence-corrected chi connectivity index (χ3v) is 5.73. The maximum absolute atomic E-state index is 13.0. The van der Waals surface area contributed by atoms with E-state index in [1.807, 2.05) is 35.9 Å². The Hall–Kier alpha value is -3.32. The zero-order chi connectivity index (χ0) is 22.0. The molecule has 1 aromatic heterocycles. The van der Waals surface area contributed by atoms with Crippen LogP contribution in [0.5, 0.6) is 5.75 Å². The van der Waals surface area contributed by atoms with Crippen molar-refractivity contribution >= 4 is 23.4 Å². The van der Waals surface area contributed by atoms with Gasteiger partial charge in [0.25, 0.3) is 5.91 Å². The lowest BCUT2D eigenvalue weighted by atomic mass is 9.90. The molecule has 1 N–H and O–H groups in total. The van der Waals surface area contributed by atoms with Gasteiger partial charge in [0.1, 0.15) is 5.75 Å². The first-order chi connectivity index (χ1) is 15.0. The van der Waals surface area contributed by atoms with E-state index in [9.17, 15) is 9.59 Å². The first-order valence-electron chi connectivity index (χ1n) is 10.0. The number of carbonyl (C=O) groups excluding carboxylic acids is 2. The van der Waals surface area contributed by atoms with Crippen molar-refractivity contribution in [1.29, 1.82) is 0 Å². The standard InChI is InChI=1S/C23H23ClN4O3/c1-15-13-27(14-25-15)20-10-9-16(12-21(20)31-2)22(29)26-28-11-5-7-18(23(28)30)17-6-3-4-8-19(17)24/h3-4,6,8-10,12-14,18H,5,7,11H2,1-2H3,(H,26,29). The Balaban J connectivity index is 1.52. The van der Waals surface area contributed by atoms with Crippen LogP contribution >= 0.6 is 11.6 Å². The quantitative estimate of drug-likeness (QED) is 0.655. The number of hydrogen-bond acceptors (Lipinski definition) is 4. The highest BCUT2D eigenvalue weighted by Gasteiger charge is 2.32. The van der Waals surface area contributed by atoms with Crippen LogP contribution in [0.25, 0.3) is 5.69 Å². The number of benzene rings is 2. The number of methoxy groups -OCH3 is 1. The third kappa shape index (κ3) is 4.27. The molecule has 31 heavy (non-hydrogen) atoms. The molecule has 2 heterocycles. The van der Waals surface area contributed by atoms with Gasteiger partial charge in [-0.15, -0.1) is 0 Å². The van der Waals surface area contributed by atoms with Crippen LogP contribution in [0.1, 0.15) is 40.4 Å². The minimum Gasteiger partial charge on any atom is -0.495 e. The molecular formula is C23H23ClN4O3. The van der Waals surface area contributed by atoms with Crippen LogP contribution in [0.15, 0.2) is 55.0 Å². The largest absolute Gasteiger partial charge is 0.495 e. The summed E-state index contributed by atoms with van der Waals surface area (Å²) in [6.07, 6.45) is 5.03. The molecule has 2 amide bonds. The van der Waals surface area contributed by atoms with Crippen molar-refractivity contribution in [1.82, 2.24) is 20.0 Å². The molecule has 1 fully saturated rings. The number of hydrazine groups is 1. The summed E-state index contributed by atoms with van der Waals surface area (Å²) in [6, 6.07) is 12.5. The monoisotopic (exact) mass is 438 g/mol. The van der Waals surface area contributed by atoms with Crippen LogP contribution in [-0.2, 0) is 4.79 Å². The van der Waals surface area contributed by atoms with Gasteiger partial charge >= 0.3 is 0 Å². The predicted molar refractivity (Wildman–Crippen MR) is 117 cm³/mol. The van der Waals surface area contributed by atoms with Gasteiger partial charge in [-0.05, 0) is 49.6 Å². The van der Waals surface area contributed by atoms with Gasteiger partial charge in [0.05, 0.1) is 30.7 Å². The topological polar surface area (TPSA) is 76.5 Å². The summed E-state index contributed by atoms with van der Waals surface area (Å²) in [4.78, 5) is 30.1. The fraction of sp³-hybridized carbons (Fsp3) is 0.261. The maximum atomic E-state index is 13.0. The van der Waals surface area contributed by atoms with Crippen LogP contribution in [0.4, 0.5) is 0 Å². The number of amides is 2. The molecule has 1 atom stereocenters. The summed E-state index contributed by atoms with van der Waals surface area (Å²) in [5.74, 6) is -0.377. The Morgan fingerprint density at radius 1 is 1.26 bits per heavy atom. The molecule has 160 valence electrons. The van der Waals surface area contributed by atoms with Gasteiger partial charge in [0.15, 0.2) is 0 Å². The van der Waals surface area contributed by atoms with Crippen LogP contribution in [0, 0.1) is 6.92 Å².